The van der Waals surface area contributed by atoms with E-state index in [2.05, 4.69) is 88.4 Å². The number of carbonyl (C=O) groups is 1. The molecule has 0 amide bonds. The van der Waals surface area contributed by atoms with E-state index in [9.17, 15) is 9.90 Å². The molecule has 3 aromatic rings. The summed E-state index contributed by atoms with van der Waals surface area (Å²) in [7, 11) is -2.71. The molecule has 3 aromatic carbocycles. The van der Waals surface area contributed by atoms with Crippen molar-refractivity contribution < 1.29 is 38.0 Å². The number of carbonyl (C=O) groups excluding carboxylic acids is 1. The Morgan fingerprint density at radius 3 is 2.04 bits per heavy atom. The highest BCUT2D eigenvalue weighted by molar-refractivity contribution is 6.99. The van der Waals surface area contributed by atoms with Crippen LogP contribution in [0.3, 0.4) is 0 Å². The quantitative estimate of drug-likeness (QED) is 0.237. The fraction of sp³-hybridized carbons (Fsp3) is 0.525. The third-order valence-corrected chi connectivity index (χ3v) is 16.1. The molecule has 4 heterocycles. The van der Waals surface area contributed by atoms with Gasteiger partial charge in [0.15, 0.2) is 11.6 Å². The van der Waals surface area contributed by atoms with Gasteiger partial charge in [0, 0.05) is 25.2 Å². The van der Waals surface area contributed by atoms with Crippen molar-refractivity contribution in [3.8, 4) is 0 Å². The van der Waals surface area contributed by atoms with Crippen LogP contribution in [0, 0.1) is 5.92 Å². The minimum Gasteiger partial charge on any atom is -0.459 e. The van der Waals surface area contributed by atoms with E-state index in [-0.39, 0.29) is 42.0 Å². The first-order valence-corrected chi connectivity index (χ1v) is 19.8. The molecular weight excluding hydrogens is 637 g/mol. The second kappa shape index (κ2) is 13.7. The SMILES string of the molecule is C[C@H]1C[C@@H]2O[C@@H](CO[Si](c3ccccc3)(c3ccccc3)C(C)(C)C)C[C@@H]2O[C@@]12CC[C@@]1(O[C@H](COC(=O)c3ccccc3)CC[C@H]1O)O2. The summed E-state index contributed by atoms with van der Waals surface area (Å²) in [4.78, 5) is 12.6. The molecule has 0 aliphatic carbocycles. The first-order chi connectivity index (χ1) is 23.5. The number of esters is 1. The summed E-state index contributed by atoms with van der Waals surface area (Å²) < 4.78 is 39.6. The van der Waals surface area contributed by atoms with E-state index in [4.69, 9.17) is 28.1 Å². The first-order valence-electron chi connectivity index (χ1n) is 17.9. The van der Waals surface area contributed by atoms with Crippen molar-refractivity contribution in [1.29, 1.82) is 0 Å². The standard InChI is InChI=1S/C40H50O8Si/c1-28-24-34-35(25-31(45-34)27-44-49(38(2,3)4,32-16-10-6-11-17-32)33-18-12-7-13-19-33)47-39(28)22-23-40(48-39)36(41)21-20-30(46-40)26-43-37(42)29-14-8-5-9-15-29/h5-19,28,30-31,34-36,41H,20-27H2,1-4H3/t28-,30-,31+,34-,35-,36+,39+,40+/m0/s1. The molecule has 7 rings (SSSR count). The largest absolute Gasteiger partial charge is 0.459 e. The molecule has 49 heavy (non-hydrogen) atoms. The van der Waals surface area contributed by atoms with Crippen LogP contribution in [0.5, 0.6) is 0 Å². The Morgan fingerprint density at radius 1 is 0.796 bits per heavy atom. The number of fused-ring (bicyclic) bond motifs is 1. The number of benzene rings is 3. The number of rotatable bonds is 8. The number of hydrogen-bond acceptors (Lipinski definition) is 8. The Morgan fingerprint density at radius 2 is 1.41 bits per heavy atom. The summed E-state index contributed by atoms with van der Waals surface area (Å²) in [6.07, 6.45) is 2.16. The molecule has 0 radical (unpaired) electrons. The van der Waals surface area contributed by atoms with Gasteiger partial charge in [-0.25, -0.2) is 4.79 Å². The van der Waals surface area contributed by atoms with Gasteiger partial charge in [-0.2, -0.15) is 0 Å². The maximum Gasteiger partial charge on any atom is 0.338 e. The average Bonchev–Trinajstić information content (AvgIpc) is 3.67. The van der Waals surface area contributed by atoms with E-state index in [1.54, 1.807) is 12.1 Å². The van der Waals surface area contributed by atoms with Crippen LogP contribution in [0.1, 0.15) is 76.6 Å². The molecule has 8 atom stereocenters. The van der Waals surface area contributed by atoms with Crippen molar-refractivity contribution >= 4 is 24.7 Å². The summed E-state index contributed by atoms with van der Waals surface area (Å²) in [6, 6.07) is 30.3. The maximum absolute atomic E-state index is 12.6. The zero-order valence-corrected chi connectivity index (χ0v) is 30.1. The Kier molecular flexibility index (Phi) is 9.64. The van der Waals surface area contributed by atoms with E-state index in [0.29, 0.717) is 44.3 Å². The van der Waals surface area contributed by atoms with Crippen LogP contribution in [0.2, 0.25) is 5.04 Å². The molecule has 2 spiro atoms. The van der Waals surface area contributed by atoms with Gasteiger partial charge in [0.1, 0.15) is 12.7 Å². The Bertz CT molecular complexity index is 1530. The molecule has 0 bridgehead atoms. The van der Waals surface area contributed by atoms with Gasteiger partial charge in [0.25, 0.3) is 8.32 Å². The second-order valence-electron chi connectivity index (χ2n) is 15.3. The van der Waals surface area contributed by atoms with Gasteiger partial charge in [-0.3, -0.25) is 0 Å². The normalized spacial score (nSPS) is 33.1. The van der Waals surface area contributed by atoms with E-state index < -0.39 is 32.0 Å². The topological polar surface area (TPSA) is 92.7 Å². The van der Waals surface area contributed by atoms with E-state index in [1.165, 1.54) is 10.4 Å². The molecular formula is C40H50O8Si. The van der Waals surface area contributed by atoms with E-state index in [1.807, 2.05) is 18.2 Å². The van der Waals surface area contributed by atoms with Gasteiger partial charge >= 0.3 is 5.97 Å². The third kappa shape index (κ3) is 6.55. The molecule has 4 fully saturated rings. The van der Waals surface area contributed by atoms with Crippen LogP contribution in [0.4, 0.5) is 0 Å². The van der Waals surface area contributed by atoms with Crippen LogP contribution < -0.4 is 10.4 Å². The Balaban J connectivity index is 1.02. The summed E-state index contributed by atoms with van der Waals surface area (Å²) in [5.74, 6) is -2.45. The van der Waals surface area contributed by atoms with E-state index >= 15 is 0 Å². The fourth-order valence-corrected chi connectivity index (χ4v) is 13.1. The van der Waals surface area contributed by atoms with Crippen molar-refractivity contribution in [3.63, 3.8) is 0 Å². The zero-order valence-electron chi connectivity index (χ0n) is 29.1. The lowest BCUT2D eigenvalue weighted by Crippen LogP contribution is -2.67. The summed E-state index contributed by atoms with van der Waals surface area (Å²) in [6.45, 7) is 9.57. The maximum atomic E-state index is 12.6. The highest BCUT2D eigenvalue weighted by Crippen LogP contribution is 2.53. The summed E-state index contributed by atoms with van der Waals surface area (Å²) >= 11 is 0. The molecule has 4 aliphatic heterocycles. The van der Waals surface area contributed by atoms with Crippen LogP contribution in [0.15, 0.2) is 91.0 Å². The molecule has 1 N–H and O–H groups in total. The van der Waals surface area contributed by atoms with Crippen molar-refractivity contribution in [2.75, 3.05) is 13.2 Å². The molecule has 0 unspecified atom stereocenters. The lowest BCUT2D eigenvalue weighted by atomic mass is 9.86. The molecule has 0 aromatic heterocycles. The van der Waals surface area contributed by atoms with Crippen molar-refractivity contribution in [2.45, 2.75) is 113 Å². The minimum absolute atomic E-state index is 0.0246. The number of aliphatic hydroxyl groups excluding tert-OH is 1. The van der Waals surface area contributed by atoms with Gasteiger partial charge < -0.3 is 33.2 Å². The Labute approximate surface area is 291 Å². The predicted octanol–water partition coefficient (Wildman–Crippen LogP) is 5.75. The number of hydrogen-bond donors (Lipinski definition) is 1. The average molecular weight is 687 g/mol. The van der Waals surface area contributed by atoms with Gasteiger partial charge in [0.05, 0.1) is 36.6 Å². The lowest BCUT2D eigenvalue weighted by Gasteiger charge is -2.47. The highest BCUT2D eigenvalue weighted by Gasteiger charge is 2.63. The van der Waals surface area contributed by atoms with Crippen molar-refractivity contribution in [2.24, 2.45) is 5.92 Å². The van der Waals surface area contributed by atoms with Crippen LogP contribution in [-0.2, 0) is 28.1 Å². The molecule has 0 saturated carbocycles. The third-order valence-electron chi connectivity index (χ3n) is 11.1. The summed E-state index contributed by atoms with van der Waals surface area (Å²) in [5, 5.41) is 13.6. The number of aliphatic hydroxyl groups is 1. The van der Waals surface area contributed by atoms with Gasteiger partial charge in [-0.1, -0.05) is 107 Å². The first kappa shape index (κ1) is 34.6. The monoisotopic (exact) mass is 686 g/mol. The highest BCUT2D eigenvalue weighted by atomic mass is 28.4. The van der Waals surface area contributed by atoms with E-state index in [0.717, 1.165) is 6.42 Å². The Hall–Kier alpha value is -2.89. The molecule has 262 valence electrons. The summed E-state index contributed by atoms with van der Waals surface area (Å²) in [5.41, 5.74) is 0.497. The van der Waals surface area contributed by atoms with Crippen LogP contribution in [-0.4, -0.2) is 74.7 Å². The molecule has 4 aliphatic rings. The van der Waals surface area contributed by atoms with Gasteiger partial charge in [-0.05, 0) is 46.8 Å². The predicted molar refractivity (Wildman–Crippen MR) is 188 cm³/mol. The zero-order chi connectivity index (χ0) is 34.3. The van der Waals surface area contributed by atoms with Gasteiger partial charge in [-0.15, -0.1) is 0 Å². The van der Waals surface area contributed by atoms with Crippen LogP contribution >= 0.6 is 0 Å². The van der Waals surface area contributed by atoms with Crippen molar-refractivity contribution in [1.82, 2.24) is 0 Å². The molecule has 9 heteroatoms. The minimum atomic E-state index is -2.71. The fourth-order valence-electron chi connectivity index (χ4n) is 8.54. The number of ether oxygens (including phenoxy) is 5. The second-order valence-corrected chi connectivity index (χ2v) is 19.6. The molecule has 8 nitrogen and oxygen atoms in total. The lowest BCUT2D eigenvalue weighted by molar-refractivity contribution is -0.396. The molecule has 4 saturated heterocycles. The van der Waals surface area contributed by atoms with Crippen LogP contribution in [0.25, 0.3) is 0 Å². The smallest absolute Gasteiger partial charge is 0.338 e. The van der Waals surface area contributed by atoms with Gasteiger partial charge in [0.2, 0.25) is 0 Å². The van der Waals surface area contributed by atoms with Crippen molar-refractivity contribution in [3.05, 3.63) is 96.6 Å².